The van der Waals surface area contributed by atoms with E-state index in [-0.39, 0.29) is 5.91 Å². The highest BCUT2D eigenvalue weighted by atomic mass is 79.9. The van der Waals surface area contributed by atoms with Gasteiger partial charge in [0.05, 0.1) is 13.1 Å². The molecular formula is C9H9Br2NOS. The van der Waals surface area contributed by atoms with Crippen LogP contribution in [0.2, 0.25) is 0 Å². The van der Waals surface area contributed by atoms with Gasteiger partial charge >= 0.3 is 0 Å². The summed E-state index contributed by atoms with van der Waals surface area (Å²) in [6.45, 7) is 1.80. The molecule has 1 aliphatic heterocycles. The molecule has 0 unspecified atom stereocenters. The molecule has 14 heavy (non-hydrogen) atoms. The maximum absolute atomic E-state index is 12.0. The van der Waals surface area contributed by atoms with Gasteiger partial charge in [-0.3, -0.25) is 4.79 Å². The molecule has 1 fully saturated rings. The highest BCUT2D eigenvalue weighted by Gasteiger charge is 2.22. The number of halogens is 2. The summed E-state index contributed by atoms with van der Waals surface area (Å²) in [4.78, 5) is 13.9. The van der Waals surface area contributed by atoms with Crippen LogP contribution in [0.5, 0.6) is 0 Å². The van der Waals surface area contributed by atoms with E-state index in [1.807, 2.05) is 11.0 Å². The molecule has 1 aliphatic rings. The van der Waals surface area contributed by atoms with Crippen LogP contribution in [-0.4, -0.2) is 23.9 Å². The third-order valence-corrected chi connectivity index (χ3v) is 4.62. The average Bonchev–Trinajstić information content (AvgIpc) is 2.73. The second-order valence-electron chi connectivity index (χ2n) is 3.24. The van der Waals surface area contributed by atoms with Crippen molar-refractivity contribution < 1.29 is 4.79 Å². The third kappa shape index (κ3) is 2.04. The summed E-state index contributed by atoms with van der Waals surface area (Å²) >= 11 is 8.33. The summed E-state index contributed by atoms with van der Waals surface area (Å²) < 4.78 is 1.91. The lowest BCUT2D eigenvalue weighted by Crippen LogP contribution is -2.27. The highest BCUT2D eigenvalue weighted by Crippen LogP contribution is 2.33. The molecule has 1 saturated heterocycles. The first kappa shape index (κ1) is 10.6. The fourth-order valence-electron chi connectivity index (χ4n) is 1.58. The van der Waals surface area contributed by atoms with Crippen molar-refractivity contribution >= 4 is 49.1 Å². The SMILES string of the molecule is O=C(c1cc(Br)sc1Br)N1CCCC1. The van der Waals surface area contributed by atoms with Gasteiger partial charge in [0, 0.05) is 13.1 Å². The van der Waals surface area contributed by atoms with Gasteiger partial charge in [-0.05, 0) is 50.8 Å². The predicted octanol–water partition coefficient (Wildman–Crippen LogP) is 3.51. The predicted molar refractivity (Wildman–Crippen MR) is 64.9 cm³/mol. The van der Waals surface area contributed by atoms with Crippen molar-refractivity contribution in [1.29, 1.82) is 0 Å². The molecule has 0 radical (unpaired) electrons. The minimum Gasteiger partial charge on any atom is -0.339 e. The first-order valence-corrected chi connectivity index (χ1v) is 6.83. The Bertz CT molecular complexity index is 358. The summed E-state index contributed by atoms with van der Waals surface area (Å²) in [5.41, 5.74) is 0.781. The van der Waals surface area contributed by atoms with Crippen molar-refractivity contribution in [2.75, 3.05) is 13.1 Å². The van der Waals surface area contributed by atoms with Gasteiger partial charge in [0.1, 0.15) is 0 Å². The number of amides is 1. The third-order valence-electron chi connectivity index (χ3n) is 2.28. The maximum atomic E-state index is 12.0. The van der Waals surface area contributed by atoms with Crippen molar-refractivity contribution in [3.63, 3.8) is 0 Å². The van der Waals surface area contributed by atoms with Gasteiger partial charge in [-0.2, -0.15) is 0 Å². The fourth-order valence-corrected chi connectivity index (χ4v) is 4.35. The smallest absolute Gasteiger partial charge is 0.255 e. The van der Waals surface area contributed by atoms with Crippen LogP contribution in [0.1, 0.15) is 23.2 Å². The van der Waals surface area contributed by atoms with Crippen molar-refractivity contribution in [3.8, 4) is 0 Å². The van der Waals surface area contributed by atoms with E-state index in [0.717, 1.165) is 39.1 Å². The van der Waals surface area contributed by atoms with Gasteiger partial charge in [-0.1, -0.05) is 0 Å². The monoisotopic (exact) mass is 337 g/mol. The van der Waals surface area contributed by atoms with E-state index in [4.69, 9.17) is 0 Å². The zero-order valence-electron chi connectivity index (χ0n) is 7.43. The van der Waals surface area contributed by atoms with Crippen LogP contribution in [0.15, 0.2) is 13.6 Å². The van der Waals surface area contributed by atoms with E-state index < -0.39 is 0 Å². The van der Waals surface area contributed by atoms with Crippen LogP contribution in [0.25, 0.3) is 0 Å². The molecule has 0 aromatic carbocycles. The molecule has 1 aromatic heterocycles. The standard InChI is InChI=1S/C9H9Br2NOS/c10-7-5-6(8(11)14-7)9(13)12-3-1-2-4-12/h5H,1-4H2. The molecule has 1 amide bonds. The van der Waals surface area contributed by atoms with Crippen LogP contribution in [0.4, 0.5) is 0 Å². The number of nitrogens with zero attached hydrogens (tertiary/aromatic N) is 1. The number of rotatable bonds is 1. The fraction of sp³-hybridized carbons (Fsp3) is 0.444. The Kier molecular flexibility index (Phi) is 3.29. The molecule has 0 bridgehead atoms. The molecule has 0 atom stereocenters. The van der Waals surface area contributed by atoms with Crippen molar-refractivity contribution in [3.05, 3.63) is 19.2 Å². The average molecular weight is 339 g/mol. The van der Waals surface area contributed by atoms with Crippen LogP contribution >= 0.6 is 43.2 Å². The quantitative estimate of drug-likeness (QED) is 0.767. The van der Waals surface area contributed by atoms with Crippen LogP contribution in [-0.2, 0) is 0 Å². The molecule has 1 aromatic rings. The van der Waals surface area contributed by atoms with Crippen LogP contribution < -0.4 is 0 Å². The Morgan fingerprint density at radius 3 is 2.50 bits per heavy atom. The molecule has 2 heterocycles. The second kappa shape index (κ2) is 4.33. The van der Waals surface area contributed by atoms with Gasteiger partial charge in [0.15, 0.2) is 0 Å². The molecule has 76 valence electrons. The largest absolute Gasteiger partial charge is 0.339 e. The van der Waals surface area contributed by atoms with Gasteiger partial charge in [-0.25, -0.2) is 0 Å². The van der Waals surface area contributed by atoms with E-state index in [1.165, 1.54) is 0 Å². The van der Waals surface area contributed by atoms with Crippen LogP contribution in [0.3, 0.4) is 0 Å². The van der Waals surface area contributed by atoms with Gasteiger partial charge in [-0.15, -0.1) is 11.3 Å². The van der Waals surface area contributed by atoms with Crippen molar-refractivity contribution in [1.82, 2.24) is 4.90 Å². The number of thiophene rings is 1. The summed E-state index contributed by atoms with van der Waals surface area (Å²) in [7, 11) is 0. The Balaban J connectivity index is 2.21. The van der Waals surface area contributed by atoms with Crippen LogP contribution in [0, 0.1) is 0 Å². The Morgan fingerprint density at radius 2 is 2.00 bits per heavy atom. The summed E-state index contributed by atoms with van der Waals surface area (Å²) in [5.74, 6) is 0.149. The van der Waals surface area contributed by atoms with E-state index in [2.05, 4.69) is 31.9 Å². The molecule has 2 nitrogen and oxygen atoms in total. The second-order valence-corrected chi connectivity index (χ2v) is 6.99. The topological polar surface area (TPSA) is 20.3 Å². The van der Waals surface area contributed by atoms with Gasteiger partial charge in [0.2, 0.25) is 0 Å². The zero-order chi connectivity index (χ0) is 10.1. The Hall–Kier alpha value is 0.130. The number of carbonyl (C=O) groups is 1. The Labute approximate surface area is 104 Å². The first-order chi connectivity index (χ1) is 6.68. The molecule has 0 saturated carbocycles. The van der Waals surface area contributed by atoms with E-state index in [0.29, 0.717) is 0 Å². The highest BCUT2D eigenvalue weighted by molar-refractivity contribution is 9.12. The van der Waals surface area contributed by atoms with Gasteiger partial charge in [0.25, 0.3) is 5.91 Å². The Morgan fingerprint density at radius 1 is 1.36 bits per heavy atom. The first-order valence-electron chi connectivity index (χ1n) is 4.42. The summed E-state index contributed by atoms with van der Waals surface area (Å²) in [5, 5.41) is 0. The lowest BCUT2D eigenvalue weighted by molar-refractivity contribution is 0.0792. The molecule has 0 N–H and O–H groups in total. The lowest BCUT2D eigenvalue weighted by atomic mass is 10.3. The number of likely N-dealkylation sites (tertiary alicyclic amines) is 1. The maximum Gasteiger partial charge on any atom is 0.255 e. The van der Waals surface area contributed by atoms with Crippen molar-refractivity contribution in [2.24, 2.45) is 0 Å². The minimum atomic E-state index is 0.149. The molecule has 0 aliphatic carbocycles. The minimum absolute atomic E-state index is 0.149. The van der Waals surface area contributed by atoms with E-state index >= 15 is 0 Å². The number of carbonyl (C=O) groups excluding carboxylic acids is 1. The molecule has 5 heteroatoms. The van der Waals surface area contributed by atoms with E-state index in [1.54, 1.807) is 11.3 Å². The van der Waals surface area contributed by atoms with Gasteiger partial charge < -0.3 is 4.90 Å². The number of hydrogen-bond acceptors (Lipinski definition) is 2. The van der Waals surface area contributed by atoms with Crippen molar-refractivity contribution in [2.45, 2.75) is 12.8 Å². The molecular weight excluding hydrogens is 330 g/mol. The summed E-state index contributed by atoms with van der Waals surface area (Å²) in [6.07, 6.45) is 2.27. The lowest BCUT2D eigenvalue weighted by Gasteiger charge is -2.14. The zero-order valence-corrected chi connectivity index (χ0v) is 11.4. The normalized spacial score (nSPS) is 16.3. The summed E-state index contributed by atoms with van der Waals surface area (Å²) in [6, 6.07) is 1.88. The molecule has 0 spiro atoms. The molecule has 2 rings (SSSR count). The van der Waals surface area contributed by atoms with E-state index in [9.17, 15) is 4.79 Å². The number of hydrogen-bond donors (Lipinski definition) is 0.